The Morgan fingerprint density at radius 2 is 1.95 bits per heavy atom. The van der Waals surface area contributed by atoms with Gasteiger partial charge >= 0.3 is 5.69 Å². The van der Waals surface area contributed by atoms with Gasteiger partial charge in [0.1, 0.15) is 42.7 Å². The van der Waals surface area contributed by atoms with Gasteiger partial charge in [-0.2, -0.15) is 0 Å². The number of H-pyrrole nitrogens is 1. The van der Waals surface area contributed by atoms with Crippen LogP contribution in [0.15, 0.2) is 35.1 Å². The zero-order valence-corrected chi connectivity index (χ0v) is 20.4. The molecule has 0 aliphatic rings. The van der Waals surface area contributed by atoms with Crippen molar-refractivity contribution < 1.29 is 32.9 Å². The van der Waals surface area contributed by atoms with Crippen LogP contribution in [0.4, 0.5) is 8.78 Å². The first kappa shape index (κ1) is 26.0. The number of fused-ring (bicyclic) bond motifs is 1. The summed E-state index contributed by atoms with van der Waals surface area (Å²) in [7, 11) is 1.39. The number of hydrogen-bond donors (Lipinski definition) is 2. The molecule has 0 unspecified atom stereocenters. The maximum Gasteiger partial charge on any atom is 0.332 e. The number of ether oxygens (including phenoxy) is 3. The largest absolute Gasteiger partial charge is 0.496 e. The number of hydrogen-bond acceptors (Lipinski definition) is 8. The number of aromatic nitrogens is 4. The lowest BCUT2D eigenvalue weighted by Crippen LogP contribution is -2.16. The summed E-state index contributed by atoms with van der Waals surface area (Å²) >= 11 is 6.47. The summed E-state index contributed by atoms with van der Waals surface area (Å²) in [4.78, 5) is 35.5. The minimum atomic E-state index is -1.07. The highest BCUT2D eigenvalue weighted by Crippen LogP contribution is 2.37. The molecule has 13 heteroatoms. The zero-order chi connectivity index (χ0) is 26.7. The van der Waals surface area contributed by atoms with Crippen LogP contribution in [0.5, 0.6) is 17.2 Å². The number of carbonyl (C=O) groups is 1. The van der Waals surface area contributed by atoms with Crippen molar-refractivity contribution in [2.45, 2.75) is 20.2 Å². The molecule has 0 saturated carbocycles. The molecule has 37 heavy (non-hydrogen) atoms. The summed E-state index contributed by atoms with van der Waals surface area (Å²) in [5.74, 6) is -0.955. The van der Waals surface area contributed by atoms with Crippen molar-refractivity contribution in [1.82, 2.24) is 19.5 Å². The Labute approximate surface area is 213 Å². The van der Waals surface area contributed by atoms with E-state index in [0.717, 1.165) is 4.57 Å². The first-order chi connectivity index (χ1) is 17.8. The average Bonchev–Trinajstić information content (AvgIpc) is 3.21. The SMILES string of the molecule is COc1cccc(F)c1COc1cc(-n2c(=O)[nH]c3c(C(C)=O)nc(CF)nc32)c(Cl)cc1OCCO. The van der Waals surface area contributed by atoms with E-state index in [1.165, 1.54) is 38.3 Å². The van der Waals surface area contributed by atoms with Gasteiger partial charge in [0.2, 0.25) is 0 Å². The quantitative estimate of drug-likeness (QED) is 0.296. The number of halogens is 3. The van der Waals surface area contributed by atoms with Crippen LogP contribution in [-0.4, -0.2) is 50.7 Å². The molecule has 2 aromatic heterocycles. The Morgan fingerprint density at radius 3 is 2.62 bits per heavy atom. The third-order valence-corrected chi connectivity index (χ3v) is 5.61. The number of methoxy groups -OCH3 is 1. The van der Waals surface area contributed by atoms with Gasteiger partial charge < -0.3 is 24.3 Å². The van der Waals surface area contributed by atoms with E-state index in [2.05, 4.69) is 15.0 Å². The summed E-state index contributed by atoms with van der Waals surface area (Å²) < 4.78 is 45.5. The van der Waals surface area contributed by atoms with Gasteiger partial charge in [0.15, 0.2) is 28.8 Å². The summed E-state index contributed by atoms with van der Waals surface area (Å²) in [6.07, 6.45) is 0. The normalized spacial score (nSPS) is 11.1. The number of ketones is 1. The first-order valence-corrected chi connectivity index (χ1v) is 11.3. The fraction of sp³-hybridized carbons (Fsp3) is 0.250. The molecule has 0 aliphatic carbocycles. The van der Waals surface area contributed by atoms with Crippen molar-refractivity contribution in [3.05, 3.63) is 68.7 Å². The van der Waals surface area contributed by atoms with Gasteiger partial charge in [-0.3, -0.25) is 4.79 Å². The van der Waals surface area contributed by atoms with Crippen molar-refractivity contribution in [3.63, 3.8) is 0 Å². The molecule has 2 N–H and O–H groups in total. The van der Waals surface area contributed by atoms with Crippen LogP contribution in [0.2, 0.25) is 5.02 Å². The number of alkyl halides is 1. The maximum atomic E-state index is 14.4. The molecule has 0 saturated heterocycles. The standard InChI is InChI=1S/C24H21ClF2N4O6/c1-12(33)21-22-23(29-20(10-26)28-21)31(24(34)30-22)16-9-19(18(8-14(16)25)36-7-6-32)37-11-13-15(27)4-3-5-17(13)35-2/h3-5,8-9,32H,6-7,10-11H2,1-2H3,(H,30,34). The molecule has 194 valence electrons. The number of aliphatic hydroxyl groups is 1. The van der Waals surface area contributed by atoms with Crippen molar-refractivity contribution in [3.8, 4) is 22.9 Å². The van der Waals surface area contributed by atoms with Crippen LogP contribution >= 0.6 is 11.6 Å². The Hall–Kier alpha value is -4.03. The minimum Gasteiger partial charge on any atom is -0.496 e. The predicted molar refractivity (Wildman–Crippen MR) is 129 cm³/mol. The van der Waals surface area contributed by atoms with Gasteiger partial charge in [0, 0.05) is 19.1 Å². The number of imidazole rings is 1. The third kappa shape index (κ3) is 5.11. The van der Waals surface area contributed by atoms with Gasteiger partial charge in [-0.15, -0.1) is 0 Å². The van der Waals surface area contributed by atoms with E-state index in [9.17, 15) is 23.5 Å². The maximum absolute atomic E-state index is 14.4. The van der Waals surface area contributed by atoms with E-state index in [4.69, 9.17) is 25.8 Å². The fourth-order valence-corrected chi connectivity index (χ4v) is 3.90. The molecule has 0 aliphatic heterocycles. The highest BCUT2D eigenvalue weighted by Gasteiger charge is 2.22. The molecule has 2 aromatic carbocycles. The van der Waals surface area contributed by atoms with E-state index in [1.807, 2.05) is 0 Å². The summed E-state index contributed by atoms with van der Waals surface area (Å²) in [6.45, 7) is -0.535. The highest BCUT2D eigenvalue weighted by atomic mass is 35.5. The molecule has 4 aromatic rings. The summed E-state index contributed by atoms with van der Waals surface area (Å²) in [5.41, 5.74) is -0.769. The highest BCUT2D eigenvalue weighted by molar-refractivity contribution is 6.32. The summed E-state index contributed by atoms with van der Waals surface area (Å²) in [6, 6.07) is 6.99. The van der Waals surface area contributed by atoms with Crippen LogP contribution < -0.4 is 19.9 Å². The van der Waals surface area contributed by atoms with E-state index in [1.54, 1.807) is 6.07 Å². The average molecular weight is 535 g/mol. The van der Waals surface area contributed by atoms with Gasteiger partial charge in [0.25, 0.3) is 0 Å². The van der Waals surface area contributed by atoms with E-state index in [-0.39, 0.29) is 76.0 Å². The number of aliphatic hydroxyl groups excluding tert-OH is 1. The number of nitrogens with zero attached hydrogens (tertiary/aromatic N) is 3. The van der Waals surface area contributed by atoms with Crippen LogP contribution in [0.25, 0.3) is 16.9 Å². The second-order valence-electron chi connectivity index (χ2n) is 7.67. The van der Waals surface area contributed by atoms with Crippen LogP contribution in [0.3, 0.4) is 0 Å². The second-order valence-corrected chi connectivity index (χ2v) is 8.08. The van der Waals surface area contributed by atoms with Gasteiger partial charge in [-0.1, -0.05) is 17.7 Å². The number of Topliss-reactive ketones (excluding diaryl/α,β-unsaturated/α-hetero) is 1. The molecular weight excluding hydrogens is 514 g/mol. The monoisotopic (exact) mass is 534 g/mol. The van der Waals surface area contributed by atoms with E-state index >= 15 is 0 Å². The second kappa shape index (κ2) is 10.9. The topological polar surface area (TPSA) is 129 Å². The number of carbonyl (C=O) groups excluding carboxylic acids is 1. The lowest BCUT2D eigenvalue weighted by molar-refractivity contribution is 0.101. The molecular formula is C24H21ClF2N4O6. The van der Waals surface area contributed by atoms with Crippen LogP contribution in [-0.2, 0) is 13.3 Å². The molecule has 0 atom stereocenters. The molecule has 0 bridgehead atoms. The third-order valence-electron chi connectivity index (χ3n) is 5.31. The Balaban J connectivity index is 1.87. The van der Waals surface area contributed by atoms with E-state index in [0.29, 0.717) is 0 Å². The number of benzene rings is 2. The molecule has 0 radical (unpaired) electrons. The number of rotatable bonds is 10. The lowest BCUT2D eigenvalue weighted by Gasteiger charge is -2.17. The number of aromatic amines is 1. The molecule has 2 heterocycles. The zero-order valence-electron chi connectivity index (χ0n) is 19.7. The fourth-order valence-electron chi connectivity index (χ4n) is 3.67. The van der Waals surface area contributed by atoms with Crippen LogP contribution in [0, 0.1) is 5.82 Å². The van der Waals surface area contributed by atoms with Gasteiger partial charge in [-0.05, 0) is 12.1 Å². The Kier molecular flexibility index (Phi) is 7.69. The van der Waals surface area contributed by atoms with Crippen molar-refractivity contribution in [1.29, 1.82) is 0 Å². The Morgan fingerprint density at radius 1 is 1.19 bits per heavy atom. The van der Waals surface area contributed by atoms with Crippen molar-refractivity contribution in [2.75, 3.05) is 20.3 Å². The molecule has 0 amide bonds. The summed E-state index contributed by atoms with van der Waals surface area (Å²) in [5, 5.41) is 9.20. The number of nitrogens with one attached hydrogen (secondary N) is 1. The van der Waals surface area contributed by atoms with E-state index < -0.39 is 24.0 Å². The smallest absolute Gasteiger partial charge is 0.332 e. The first-order valence-electron chi connectivity index (χ1n) is 10.9. The molecule has 0 fully saturated rings. The Bertz CT molecular complexity index is 1540. The molecule has 0 spiro atoms. The lowest BCUT2D eigenvalue weighted by atomic mass is 10.2. The van der Waals surface area contributed by atoms with Crippen molar-refractivity contribution in [2.24, 2.45) is 0 Å². The molecule has 10 nitrogen and oxygen atoms in total. The van der Waals surface area contributed by atoms with Gasteiger partial charge in [-0.25, -0.2) is 28.1 Å². The van der Waals surface area contributed by atoms with Crippen LogP contribution in [0.1, 0.15) is 28.8 Å². The minimum absolute atomic E-state index is 0.00457. The predicted octanol–water partition coefficient (Wildman–Crippen LogP) is 3.53. The van der Waals surface area contributed by atoms with Gasteiger partial charge in [0.05, 0.1) is 30.0 Å². The van der Waals surface area contributed by atoms with Crippen molar-refractivity contribution >= 4 is 28.5 Å². The molecule has 4 rings (SSSR count).